The molecule has 0 bridgehead atoms. The Morgan fingerprint density at radius 1 is 1.27 bits per heavy atom. The number of alkyl halides is 3. The highest BCUT2D eigenvalue weighted by Crippen LogP contribution is 2.23. The molecule has 0 aliphatic carbocycles. The van der Waals surface area contributed by atoms with Crippen LogP contribution in [-0.4, -0.2) is 78.1 Å². The lowest BCUT2D eigenvalue weighted by atomic mass is 10.1. The second-order valence-electron chi connectivity index (χ2n) is 6.40. The van der Waals surface area contributed by atoms with Crippen molar-refractivity contribution in [2.75, 3.05) is 51.2 Å². The molecule has 1 fully saturated rings. The van der Waals surface area contributed by atoms with E-state index in [1.807, 2.05) is 24.1 Å². The molecule has 0 radical (unpaired) electrons. The molecule has 10 heteroatoms. The molecular formula is C16H21F3N6S. The molecule has 26 heavy (non-hydrogen) atoms. The van der Waals surface area contributed by atoms with Crippen LogP contribution in [0.4, 0.5) is 18.9 Å². The average molecular weight is 386 g/mol. The SMILES string of the molecule is CN1CC/C(=N/NC(=S)N2CCN(CC(F)(F)F)CC2)c2ncccc21. The fraction of sp³-hybridized carbons (Fsp3) is 0.562. The molecule has 2 aliphatic rings. The maximum atomic E-state index is 12.5. The third kappa shape index (κ3) is 4.61. The number of thiocarbonyl (C=S) groups is 1. The number of nitrogens with zero attached hydrogens (tertiary/aromatic N) is 5. The van der Waals surface area contributed by atoms with E-state index in [-0.39, 0.29) is 0 Å². The van der Waals surface area contributed by atoms with Gasteiger partial charge in [-0.2, -0.15) is 18.3 Å². The molecule has 3 heterocycles. The minimum Gasteiger partial charge on any atom is -0.372 e. The molecule has 0 spiro atoms. The Labute approximate surface area is 155 Å². The van der Waals surface area contributed by atoms with Crippen molar-refractivity contribution >= 4 is 28.7 Å². The van der Waals surface area contributed by atoms with Crippen LogP contribution in [0.3, 0.4) is 0 Å². The molecule has 1 aromatic rings. The highest BCUT2D eigenvalue weighted by atomic mass is 32.1. The van der Waals surface area contributed by atoms with Crippen molar-refractivity contribution in [2.45, 2.75) is 12.6 Å². The van der Waals surface area contributed by atoms with E-state index in [0.29, 0.717) is 31.3 Å². The molecule has 0 saturated carbocycles. The Balaban J connectivity index is 1.57. The summed E-state index contributed by atoms with van der Waals surface area (Å²) in [5.74, 6) is 0. The predicted octanol–water partition coefficient (Wildman–Crippen LogP) is 1.68. The summed E-state index contributed by atoms with van der Waals surface area (Å²) in [4.78, 5) is 9.77. The van der Waals surface area contributed by atoms with Gasteiger partial charge in [-0.1, -0.05) is 0 Å². The maximum absolute atomic E-state index is 12.5. The van der Waals surface area contributed by atoms with Crippen molar-refractivity contribution in [3.05, 3.63) is 24.0 Å². The van der Waals surface area contributed by atoms with Crippen LogP contribution >= 0.6 is 12.2 Å². The zero-order valence-electron chi connectivity index (χ0n) is 14.5. The van der Waals surface area contributed by atoms with Crippen molar-refractivity contribution in [1.29, 1.82) is 0 Å². The van der Waals surface area contributed by atoms with Gasteiger partial charge in [-0.15, -0.1) is 0 Å². The van der Waals surface area contributed by atoms with E-state index < -0.39 is 12.7 Å². The van der Waals surface area contributed by atoms with Crippen LogP contribution in [0, 0.1) is 0 Å². The van der Waals surface area contributed by atoms with Gasteiger partial charge in [-0.3, -0.25) is 15.3 Å². The van der Waals surface area contributed by atoms with Crippen molar-refractivity contribution in [3.63, 3.8) is 0 Å². The van der Waals surface area contributed by atoms with E-state index in [9.17, 15) is 13.2 Å². The van der Waals surface area contributed by atoms with Gasteiger partial charge in [0.1, 0.15) is 5.69 Å². The molecule has 142 valence electrons. The number of aromatic nitrogens is 1. The molecular weight excluding hydrogens is 365 g/mol. The van der Waals surface area contributed by atoms with E-state index >= 15 is 0 Å². The highest BCUT2D eigenvalue weighted by Gasteiger charge is 2.32. The van der Waals surface area contributed by atoms with Gasteiger partial charge >= 0.3 is 6.18 Å². The summed E-state index contributed by atoms with van der Waals surface area (Å²) in [6.07, 6.45) is -1.69. The Bertz CT molecular complexity index is 685. The van der Waals surface area contributed by atoms with Crippen molar-refractivity contribution in [2.24, 2.45) is 5.10 Å². The number of piperazine rings is 1. The summed E-state index contributed by atoms with van der Waals surface area (Å²) < 4.78 is 37.4. The molecule has 0 amide bonds. The Hall–Kier alpha value is -1.94. The zero-order chi connectivity index (χ0) is 18.7. The Morgan fingerprint density at radius 3 is 2.69 bits per heavy atom. The number of nitrogens with one attached hydrogen (secondary N) is 1. The van der Waals surface area contributed by atoms with Crippen molar-refractivity contribution < 1.29 is 13.2 Å². The Kier molecular flexibility index (Phi) is 5.61. The number of rotatable bonds is 2. The number of halogens is 3. The second-order valence-corrected chi connectivity index (χ2v) is 6.78. The van der Waals surface area contributed by atoms with E-state index in [0.717, 1.165) is 30.1 Å². The topological polar surface area (TPSA) is 47.0 Å². The van der Waals surface area contributed by atoms with E-state index in [4.69, 9.17) is 12.2 Å². The molecule has 2 aliphatic heterocycles. The van der Waals surface area contributed by atoms with E-state index in [1.54, 1.807) is 6.20 Å². The first-order valence-corrected chi connectivity index (χ1v) is 8.81. The number of fused-ring (bicyclic) bond motifs is 1. The van der Waals surface area contributed by atoms with Crippen molar-refractivity contribution in [3.8, 4) is 0 Å². The van der Waals surface area contributed by atoms with Gasteiger partial charge in [-0.05, 0) is 24.4 Å². The second kappa shape index (κ2) is 7.75. The quantitative estimate of drug-likeness (QED) is 0.617. The van der Waals surface area contributed by atoms with E-state index in [2.05, 4.69) is 20.4 Å². The summed E-state index contributed by atoms with van der Waals surface area (Å²) in [5, 5.41) is 4.84. The molecule has 0 unspecified atom stereocenters. The lowest BCUT2D eigenvalue weighted by Gasteiger charge is -2.36. The van der Waals surface area contributed by atoms with Gasteiger partial charge in [0.25, 0.3) is 0 Å². The maximum Gasteiger partial charge on any atom is 0.401 e. The number of hydrogen-bond donors (Lipinski definition) is 1. The van der Waals surface area contributed by atoms with Crippen LogP contribution in [0.2, 0.25) is 0 Å². The molecule has 1 aromatic heterocycles. The molecule has 1 saturated heterocycles. The van der Waals surface area contributed by atoms with Crippen LogP contribution < -0.4 is 10.3 Å². The highest BCUT2D eigenvalue weighted by molar-refractivity contribution is 7.80. The van der Waals surface area contributed by atoms with Crippen molar-refractivity contribution in [1.82, 2.24) is 20.2 Å². The van der Waals surface area contributed by atoms with E-state index in [1.165, 1.54) is 4.90 Å². The fourth-order valence-corrected chi connectivity index (χ4v) is 3.33. The minimum absolute atomic E-state index is 0.326. The smallest absolute Gasteiger partial charge is 0.372 e. The van der Waals surface area contributed by atoms with Gasteiger partial charge in [0.15, 0.2) is 5.11 Å². The first kappa shape index (κ1) is 18.8. The van der Waals surface area contributed by atoms with Crippen LogP contribution in [-0.2, 0) is 0 Å². The van der Waals surface area contributed by atoms with Gasteiger partial charge in [-0.25, -0.2) is 0 Å². The molecule has 1 N–H and O–H groups in total. The zero-order valence-corrected chi connectivity index (χ0v) is 15.3. The first-order valence-electron chi connectivity index (χ1n) is 8.40. The van der Waals surface area contributed by atoms with Gasteiger partial charge < -0.3 is 9.80 Å². The molecule has 6 nitrogen and oxygen atoms in total. The van der Waals surface area contributed by atoms with Gasteiger partial charge in [0, 0.05) is 52.4 Å². The molecule has 0 atom stereocenters. The lowest BCUT2D eigenvalue weighted by molar-refractivity contribution is -0.148. The summed E-state index contributed by atoms with van der Waals surface area (Å²) in [6.45, 7) is 1.51. The van der Waals surface area contributed by atoms with Crippen LogP contribution in [0.1, 0.15) is 12.1 Å². The van der Waals surface area contributed by atoms with Crippen LogP contribution in [0.15, 0.2) is 23.4 Å². The van der Waals surface area contributed by atoms with Gasteiger partial charge in [0.2, 0.25) is 0 Å². The number of hydrazone groups is 1. The minimum atomic E-state index is -4.17. The third-order valence-corrected chi connectivity index (χ3v) is 4.85. The average Bonchev–Trinajstić information content (AvgIpc) is 2.60. The number of pyridine rings is 1. The van der Waals surface area contributed by atoms with Gasteiger partial charge in [0.05, 0.1) is 17.9 Å². The number of hydrogen-bond acceptors (Lipinski definition) is 5. The Morgan fingerprint density at radius 2 is 2.00 bits per heavy atom. The monoisotopic (exact) mass is 386 g/mol. The largest absolute Gasteiger partial charge is 0.401 e. The van der Waals surface area contributed by atoms with Crippen LogP contribution in [0.5, 0.6) is 0 Å². The summed E-state index contributed by atoms with van der Waals surface area (Å²) in [5.41, 5.74) is 5.56. The molecule has 0 aromatic carbocycles. The fourth-order valence-electron chi connectivity index (χ4n) is 3.10. The predicted molar refractivity (Wildman–Crippen MR) is 98.5 cm³/mol. The normalized spacial score (nSPS) is 20.2. The number of anilines is 1. The summed E-state index contributed by atoms with van der Waals surface area (Å²) in [6, 6.07) is 3.88. The summed E-state index contributed by atoms with van der Waals surface area (Å²) in [7, 11) is 2.01. The lowest BCUT2D eigenvalue weighted by Crippen LogP contribution is -2.52. The molecule has 3 rings (SSSR count). The standard InChI is InChI=1S/C16H21F3N6S/c1-23-6-4-12(14-13(23)3-2-5-20-14)21-22-15(26)25-9-7-24(8-10-25)11-16(17,18)19/h2-3,5H,4,6-11H2,1H3,(H,22,26)/b21-12-. The third-order valence-electron chi connectivity index (χ3n) is 4.50. The van der Waals surface area contributed by atoms with Crippen LogP contribution in [0.25, 0.3) is 0 Å². The summed E-state index contributed by atoms with van der Waals surface area (Å²) >= 11 is 5.35. The first-order chi connectivity index (χ1) is 12.3.